The van der Waals surface area contributed by atoms with Crippen molar-refractivity contribution in [3.63, 3.8) is 0 Å². The van der Waals surface area contributed by atoms with Gasteiger partial charge in [0.2, 0.25) is 0 Å². The van der Waals surface area contributed by atoms with Gasteiger partial charge in [0.05, 0.1) is 38.6 Å². The van der Waals surface area contributed by atoms with Gasteiger partial charge in [0.25, 0.3) is 0 Å². The lowest BCUT2D eigenvalue weighted by Crippen LogP contribution is -2.07. The number of para-hydroxylation sites is 1. The Bertz CT molecular complexity index is 1040. The van der Waals surface area contributed by atoms with Gasteiger partial charge in [0.1, 0.15) is 12.4 Å². The molecule has 0 aliphatic rings. The number of benzene rings is 3. The zero-order chi connectivity index (χ0) is 21.2. The topological polar surface area (TPSA) is 75.9 Å². The van der Waals surface area contributed by atoms with Crippen LogP contribution < -0.4 is 19.6 Å². The van der Waals surface area contributed by atoms with Gasteiger partial charge in [-0.15, -0.1) is 0 Å². The highest BCUT2D eigenvalue weighted by Crippen LogP contribution is 2.28. The predicted octanol–water partition coefficient (Wildman–Crippen LogP) is 4.28. The average molecular weight is 401 g/mol. The fourth-order valence-corrected chi connectivity index (χ4v) is 2.82. The van der Waals surface area contributed by atoms with Crippen molar-refractivity contribution in [2.24, 2.45) is 5.10 Å². The summed E-state index contributed by atoms with van der Waals surface area (Å²) in [5.41, 5.74) is 6.53. The number of hydrazone groups is 1. The van der Waals surface area contributed by atoms with E-state index in [1.807, 2.05) is 54.6 Å². The van der Waals surface area contributed by atoms with E-state index in [1.54, 1.807) is 32.6 Å². The molecule has 0 amide bonds. The zero-order valence-electron chi connectivity index (χ0n) is 17.0. The van der Waals surface area contributed by atoms with Crippen LogP contribution in [0.15, 0.2) is 71.8 Å². The van der Waals surface area contributed by atoms with Gasteiger partial charge < -0.3 is 19.6 Å². The summed E-state index contributed by atoms with van der Waals surface area (Å²) in [6.45, 7) is 0.944. The van der Waals surface area contributed by atoms with Crippen molar-refractivity contribution in [1.29, 1.82) is 5.26 Å². The zero-order valence-corrected chi connectivity index (χ0v) is 17.0. The summed E-state index contributed by atoms with van der Waals surface area (Å²) in [5.74, 6) is 2.09. The van der Waals surface area contributed by atoms with Crippen LogP contribution >= 0.6 is 0 Å². The van der Waals surface area contributed by atoms with Crippen molar-refractivity contribution in [3.8, 4) is 23.3 Å². The predicted molar refractivity (Wildman–Crippen MR) is 116 cm³/mol. The molecule has 1 N–H and O–H groups in total. The number of nitrogens with zero attached hydrogens (tertiary/aromatic N) is 2. The summed E-state index contributed by atoms with van der Waals surface area (Å²) in [4.78, 5) is 0. The molecule has 3 rings (SSSR count). The Labute approximate surface area is 176 Å². The van der Waals surface area contributed by atoms with Gasteiger partial charge in [-0.05, 0) is 47.5 Å². The van der Waals surface area contributed by atoms with Crippen LogP contribution in [-0.4, -0.2) is 20.4 Å². The van der Waals surface area contributed by atoms with Gasteiger partial charge in [-0.25, -0.2) is 0 Å². The first-order chi connectivity index (χ1) is 14.7. The van der Waals surface area contributed by atoms with E-state index in [-0.39, 0.29) is 0 Å². The van der Waals surface area contributed by atoms with Gasteiger partial charge in [0, 0.05) is 5.56 Å². The van der Waals surface area contributed by atoms with E-state index < -0.39 is 0 Å². The summed E-state index contributed by atoms with van der Waals surface area (Å²) in [5, 5.41) is 13.1. The molecule has 0 saturated heterocycles. The summed E-state index contributed by atoms with van der Waals surface area (Å²) in [6, 6.07) is 22.8. The molecule has 30 heavy (non-hydrogen) atoms. The third kappa shape index (κ3) is 5.52. The Morgan fingerprint density at radius 1 is 0.933 bits per heavy atom. The molecule has 0 aliphatic heterocycles. The van der Waals surface area contributed by atoms with E-state index >= 15 is 0 Å². The van der Waals surface area contributed by atoms with E-state index in [0.717, 1.165) is 22.4 Å². The van der Waals surface area contributed by atoms with Crippen molar-refractivity contribution < 1.29 is 14.2 Å². The second-order valence-corrected chi connectivity index (χ2v) is 6.41. The lowest BCUT2D eigenvalue weighted by Gasteiger charge is -2.11. The normalized spacial score (nSPS) is 10.4. The lowest BCUT2D eigenvalue weighted by molar-refractivity contribution is 0.284. The summed E-state index contributed by atoms with van der Waals surface area (Å²) in [7, 11) is 3.25. The van der Waals surface area contributed by atoms with E-state index in [2.05, 4.69) is 16.6 Å². The monoisotopic (exact) mass is 401 g/mol. The SMILES string of the molecule is COc1ccccc1CN/N=C\c1ccc(OCc2ccc(C#N)cc2)c(OC)c1. The van der Waals surface area contributed by atoms with Gasteiger partial charge in [-0.1, -0.05) is 30.3 Å². The average Bonchev–Trinajstić information content (AvgIpc) is 2.81. The lowest BCUT2D eigenvalue weighted by atomic mass is 10.1. The third-order valence-corrected chi connectivity index (χ3v) is 4.43. The van der Waals surface area contributed by atoms with Crippen molar-refractivity contribution in [3.05, 3.63) is 89.0 Å². The maximum absolute atomic E-state index is 8.87. The van der Waals surface area contributed by atoms with Crippen LogP contribution in [0.5, 0.6) is 17.2 Å². The van der Waals surface area contributed by atoms with Crippen LogP contribution in [0.25, 0.3) is 0 Å². The molecule has 6 nitrogen and oxygen atoms in total. The molecule has 0 radical (unpaired) electrons. The molecule has 152 valence electrons. The van der Waals surface area contributed by atoms with E-state index in [4.69, 9.17) is 19.5 Å². The molecule has 0 spiro atoms. The highest BCUT2D eigenvalue weighted by Gasteiger charge is 2.06. The van der Waals surface area contributed by atoms with Crippen LogP contribution in [0, 0.1) is 11.3 Å². The van der Waals surface area contributed by atoms with Crippen LogP contribution in [0.2, 0.25) is 0 Å². The molecule has 0 unspecified atom stereocenters. The van der Waals surface area contributed by atoms with E-state index in [1.165, 1.54) is 0 Å². The molecular weight excluding hydrogens is 378 g/mol. The Kier molecular flexibility index (Phi) is 7.28. The number of nitrogens with one attached hydrogen (secondary N) is 1. The van der Waals surface area contributed by atoms with Gasteiger partial charge >= 0.3 is 0 Å². The van der Waals surface area contributed by atoms with Crippen molar-refractivity contribution in [1.82, 2.24) is 5.43 Å². The first-order valence-corrected chi connectivity index (χ1v) is 9.41. The van der Waals surface area contributed by atoms with Crippen LogP contribution in [-0.2, 0) is 13.2 Å². The van der Waals surface area contributed by atoms with E-state index in [0.29, 0.717) is 30.2 Å². The molecule has 3 aromatic rings. The first kappa shape index (κ1) is 20.7. The number of nitriles is 1. The quantitative estimate of drug-likeness (QED) is 0.428. The second-order valence-electron chi connectivity index (χ2n) is 6.41. The number of hydrogen-bond acceptors (Lipinski definition) is 6. The van der Waals surface area contributed by atoms with Crippen LogP contribution in [0.4, 0.5) is 0 Å². The maximum Gasteiger partial charge on any atom is 0.161 e. The molecule has 0 aromatic heterocycles. The smallest absolute Gasteiger partial charge is 0.161 e. The largest absolute Gasteiger partial charge is 0.496 e. The third-order valence-electron chi connectivity index (χ3n) is 4.43. The highest BCUT2D eigenvalue weighted by atomic mass is 16.5. The maximum atomic E-state index is 8.87. The summed E-state index contributed by atoms with van der Waals surface area (Å²) >= 11 is 0. The Hall–Kier alpha value is -3.98. The molecule has 3 aromatic carbocycles. The number of ether oxygens (including phenoxy) is 3. The second kappa shape index (κ2) is 10.5. The molecule has 0 fully saturated rings. The molecule has 0 saturated carbocycles. The van der Waals surface area contributed by atoms with Gasteiger partial charge in [-0.2, -0.15) is 10.4 Å². The standard InChI is InChI=1S/C24H23N3O3/c1-28-22-6-4-3-5-21(22)16-27-26-15-20-11-12-23(24(13-20)29-2)30-17-19-9-7-18(14-25)8-10-19/h3-13,15,27H,16-17H2,1-2H3/b26-15-. The molecule has 6 heteroatoms. The number of hydrogen-bond donors (Lipinski definition) is 1. The number of methoxy groups -OCH3 is 2. The molecule has 0 atom stereocenters. The van der Waals surface area contributed by atoms with Crippen molar-refractivity contribution in [2.75, 3.05) is 14.2 Å². The minimum Gasteiger partial charge on any atom is -0.496 e. The first-order valence-electron chi connectivity index (χ1n) is 9.41. The molecule has 0 heterocycles. The molecular formula is C24H23N3O3. The molecule has 0 aliphatic carbocycles. The minimum atomic E-state index is 0.385. The Morgan fingerprint density at radius 2 is 1.70 bits per heavy atom. The Balaban J connectivity index is 1.59. The number of rotatable bonds is 9. The summed E-state index contributed by atoms with van der Waals surface area (Å²) in [6.07, 6.45) is 1.72. The fourth-order valence-electron chi connectivity index (χ4n) is 2.82. The highest BCUT2D eigenvalue weighted by molar-refractivity contribution is 5.80. The van der Waals surface area contributed by atoms with Crippen molar-refractivity contribution in [2.45, 2.75) is 13.2 Å². The summed E-state index contributed by atoms with van der Waals surface area (Å²) < 4.78 is 16.7. The van der Waals surface area contributed by atoms with Crippen LogP contribution in [0.1, 0.15) is 22.3 Å². The molecule has 0 bridgehead atoms. The Morgan fingerprint density at radius 3 is 2.43 bits per heavy atom. The van der Waals surface area contributed by atoms with Crippen molar-refractivity contribution >= 4 is 6.21 Å². The van der Waals surface area contributed by atoms with Gasteiger partial charge in [0.15, 0.2) is 11.5 Å². The van der Waals surface area contributed by atoms with Gasteiger partial charge in [-0.3, -0.25) is 0 Å². The minimum absolute atomic E-state index is 0.385. The van der Waals surface area contributed by atoms with E-state index in [9.17, 15) is 0 Å². The van der Waals surface area contributed by atoms with Crippen LogP contribution in [0.3, 0.4) is 0 Å². The fraction of sp³-hybridized carbons (Fsp3) is 0.167.